The van der Waals surface area contributed by atoms with E-state index in [0.717, 1.165) is 31.4 Å². The van der Waals surface area contributed by atoms with Gasteiger partial charge in [0.1, 0.15) is 10.7 Å². The zero-order valence-electron chi connectivity index (χ0n) is 10.9. The van der Waals surface area contributed by atoms with Crippen LogP contribution in [0.1, 0.15) is 26.2 Å². The molecule has 2 rings (SSSR count). The van der Waals surface area contributed by atoms with Crippen LogP contribution in [0, 0.1) is 17.7 Å². The molecule has 1 fully saturated rings. The van der Waals surface area contributed by atoms with Crippen LogP contribution in [0.4, 0.5) is 10.1 Å². The van der Waals surface area contributed by atoms with Crippen LogP contribution in [0.2, 0.25) is 0 Å². The Morgan fingerprint density at radius 2 is 2.16 bits per heavy atom. The zero-order chi connectivity index (χ0) is 14.0. The summed E-state index contributed by atoms with van der Waals surface area (Å²) in [7, 11) is -3.83. The number of rotatable bonds is 4. The highest BCUT2D eigenvalue weighted by atomic mass is 32.2. The van der Waals surface area contributed by atoms with Crippen molar-refractivity contribution in [1.82, 2.24) is 4.72 Å². The minimum atomic E-state index is -3.83. The molecule has 6 heteroatoms. The Morgan fingerprint density at radius 1 is 1.42 bits per heavy atom. The molecule has 0 amide bonds. The predicted molar refractivity (Wildman–Crippen MR) is 72.5 cm³/mol. The molecule has 0 aliphatic heterocycles. The molecule has 19 heavy (non-hydrogen) atoms. The van der Waals surface area contributed by atoms with E-state index in [0.29, 0.717) is 18.4 Å². The minimum absolute atomic E-state index is 0.232. The Morgan fingerprint density at radius 3 is 2.79 bits per heavy atom. The molecule has 1 aliphatic rings. The third-order valence-electron chi connectivity index (χ3n) is 3.82. The molecule has 0 saturated heterocycles. The molecule has 1 aromatic carbocycles. The first-order valence-corrected chi connectivity index (χ1v) is 7.93. The van der Waals surface area contributed by atoms with Crippen LogP contribution in [0.15, 0.2) is 23.1 Å². The van der Waals surface area contributed by atoms with Crippen molar-refractivity contribution in [1.29, 1.82) is 0 Å². The molecule has 106 valence electrons. The summed E-state index contributed by atoms with van der Waals surface area (Å²) in [6.45, 7) is 2.48. The molecule has 1 saturated carbocycles. The maximum absolute atomic E-state index is 13.6. The van der Waals surface area contributed by atoms with Crippen molar-refractivity contribution in [2.75, 3.05) is 12.3 Å². The maximum Gasteiger partial charge on any atom is 0.243 e. The van der Waals surface area contributed by atoms with Crippen molar-refractivity contribution >= 4 is 15.7 Å². The van der Waals surface area contributed by atoms with Crippen LogP contribution in [-0.2, 0) is 10.0 Å². The van der Waals surface area contributed by atoms with Gasteiger partial charge in [0.2, 0.25) is 10.0 Å². The average Bonchev–Trinajstić information content (AvgIpc) is 2.75. The van der Waals surface area contributed by atoms with Crippen molar-refractivity contribution in [3.05, 3.63) is 24.0 Å². The average molecular weight is 286 g/mol. The molecular formula is C13H19FN2O2S. The minimum Gasteiger partial charge on any atom is -0.399 e. The summed E-state index contributed by atoms with van der Waals surface area (Å²) in [6, 6.07) is 3.56. The number of benzene rings is 1. The van der Waals surface area contributed by atoms with Gasteiger partial charge < -0.3 is 5.73 Å². The molecule has 0 heterocycles. The largest absolute Gasteiger partial charge is 0.399 e. The van der Waals surface area contributed by atoms with Crippen LogP contribution >= 0.6 is 0 Å². The van der Waals surface area contributed by atoms with Crippen molar-refractivity contribution in [2.24, 2.45) is 11.8 Å². The lowest BCUT2D eigenvalue weighted by Gasteiger charge is -2.16. The number of nitrogens with one attached hydrogen (secondary N) is 1. The summed E-state index contributed by atoms with van der Waals surface area (Å²) in [4.78, 5) is -0.377. The number of nitrogen functional groups attached to an aromatic ring is 1. The normalized spacial score (nSPS) is 23.7. The Labute approximate surface area is 113 Å². The lowest BCUT2D eigenvalue weighted by Crippen LogP contribution is -2.31. The van der Waals surface area contributed by atoms with E-state index in [2.05, 4.69) is 11.6 Å². The molecule has 1 aromatic rings. The van der Waals surface area contributed by atoms with E-state index in [4.69, 9.17) is 5.73 Å². The molecular weight excluding hydrogens is 267 g/mol. The number of hydrogen-bond acceptors (Lipinski definition) is 3. The van der Waals surface area contributed by atoms with Gasteiger partial charge in [0.25, 0.3) is 0 Å². The fourth-order valence-electron chi connectivity index (χ4n) is 2.55. The van der Waals surface area contributed by atoms with Crippen LogP contribution in [0.5, 0.6) is 0 Å². The van der Waals surface area contributed by atoms with Gasteiger partial charge in [0, 0.05) is 12.2 Å². The second-order valence-electron chi connectivity index (χ2n) is 5.21. The van der Waals surface area contributed by atoms with E-state index < -0.39 is 15.8 Å². The second-order valence-corrected chi connectivity index (χ2v) is 6.95. The molecule has 0 spiro atoms. The summed E-state index contributed by atoms with van der Waals surface area (Å²) >= 11 is 0. The number of anilines is 1. The number of hydrogen-bond donors (Lipinski definition) is 2. The standard InChI is InChI=1S/C13H19FN2O2S/c1-9-3-2-4-10(9)8-16-19(17,18)13-7-11(15)5-6-12(13)14/h5-7,9-10,16H,2-4,8,15H2,1H3. The Hall–Kier alpha value is -1.14. The number of halogens is 1. The van der Waals surface area contributed by atoms with Crippen LogP contribution in [0.25, 0.3) is 0 Å². The monoisotopic (exact) mass is 286 g/mol. The Balaban J connectivity index is 2.12. The van der Waals surface area contributed by atoms with Gasteiger partial charge in [-0.05, 0) is 36.5 Å². The Bertz CT molecular complexity index is 560. The lowest BCUT2D eigenvalue weighted by atomic mass is 9.99. The summed E-state index contributed by atoms with van der Waals surface area (Å²) < 4.78 is 40.2. The van der Waals surface area contributed by atoms with Crippen molar-refractivity contribution in [3.8, 4) is 0 Å². The highest BCUT2D eigenvalue weighted by Gasteiger charge is 2.26. The Kier molecular flexibility index (Phi) is 4.10. The SMILES string of the molecule is CC1CCCC1CNS(=O)(=O)c1cc(N)ccc1F. The number of sulfonamides is 1. The first-order chi connectivity index (χ1) is 8.90. The summed E-state index contributed by atoms with van der Waals surface area (Å²) in [5.41, 5.74) is 5.74. The van der Waals surface area contributed by atoms with E-state index >= 15 is 0 Å². The van der Waals surface area contributed by atoms with E-state index in [1.165, 1.54) is 6.07 Å². The fourth-order valence-corrected chi connectivity index (χ4v) is 3.75. The topological polar surface area (TPSA) is 72.2 Å². The fraction of sp³-hybridized carbons (Fsp3) is 0.538. The molecule has 0 aromatic heterocycles. The third kappa shape index (κ3) is 3.25. The van der Waals surface area contributed by atoms with E-state index in [1.807, 2.05) is 0 Å². The van der Waals surface area contributed by atoms with E-state index in [1.54, 1.807) is 0 Å². The highest BCUT2D eigenvalue weighted by Crippen LogP contribution is 2.30. The van der Waals surface area contributed by atoms with Crippen LogP contribution in [-0.4, -0.2) is 15.0 Å². The smallest absolute Gasteiger partial charge is 0.243 e. The van der Waals surface area contributed by atoms with Gasteiger partial charge in [0.15, 0.2) is 0 Å². The molecule has 0 bridgehead atoms. The van der Waals surface area contributed by atoms with Gasteiger partial charge in [0.05, 0.1) is 0 Å². The molecule has 2 atom stereocenters. The van der Waals surface area contributed by atoms with Gasteiger partial charge in [-0.15, -0.1) is 0 Å². The highest BCUT2D eigenvalue weighted by molar-refractivity contribution is 7.89. The molecule has 2 unspecified atom stereocenters. The summed E-state index contributed by atoms with van der Waals surface area (Å²) in [5.74, 6) is 0.0634. The van der Waals surface area contributed by atoms with E-state index in [-0.39, 0.29) is 10.6 Å². The lowest BCUT2D eigenvalue weighted by molar-refractivity contribution is 0.414. The van der Waals surface area contributed by atoms with E-state index in [9.17, 15) is 12.8 Å². The molecule has 3 N–H and O–H groups in total. The van der Waals surface area contributed by atoms with Gasteiger partial charge in [-0.2, -0.15) is 0 Å². The van der Waals surface area contributed by atoms with Crippen LogP contribution in [0.3, 0.4) is 0 Å². The number of nitrogens with two attached hydrogens (primary N) is 1. The zero-order valence-corrected chi connectivity index (χ0v) is 11.7. The van der Waals surface area contributed by atoms with Crippen molar-refractivity contribution < 1.29 is 12.8 Å². The summed E-state index contributed by atoms with van der Waals surface area (Å²) in [5, 5.41) is 0. The first kappa shape index (κ1) is 14.3. The molecule has 4 nitrogen and oxygen atoms in total. The third-order valence-corrected chi connectivity index (χ3v) is 5.26. The maximum atomic E-state index is 13.6. The van der Waals surface area contributed by atoms with Gasteiger partial charge >= 0.3 is 0 Å². The second kappa shape index (κ2) is 5.46. The first-order valence-electron chi connectivity index (χ1n) is 6.45. The van der Waals surface area contributed by atoms with Gasteiger partial charge in [-0.1, -0.05) is 19.8 Å². The molecule has 0 radical (unpaired) electrons. The van der Waals surface area contributed by atoms with Crippen LogP contribution < -0.4 is 10.5 Å². The van der Waals surface area contributed by atoms with Crippen molar-refractivity contribution in [2.45, 2.75) is 31.1 Å². The molecule has 1 aliphatic carbocycles. The van der Waals surface area contributed by atoms with Crippen molar-refractivity contribution in [3.63, 3.8) is 0 Å². The van der Waals surface area contributed by atoms with Gasteiger partial charge in [-0.3, -0.25) is 0 Å². The van der Waals surface area contributed by atoms with Gasteiger partial charge in [-0.25, -0.2) is 17.5 Å². The quantitative estimate of drug-likeness (QED) is 0.833. The predicted octanol–water partition coefficient (Wildman–Crippen LogP) is 2.12. The summed E-state index contributed by atoms with van der Waals surface area (Å²) in [6.07, 6.45) is 3.27.